The van der Waals surface area contributed by atoms with Crippen LogP contribution in [0, 0.1) is 5.82 Å². The molecule has 2 nitrogen and oxygen atoms in total. The highest BCUT2D eigenvalue weighted by Gasteiger charge is 2.09. The van der Waals surface area contributed by atoms with E-state index in [9.17, 15) is 4.39 Å². The number of nitrogens with two attached hydrogens (primary N) is 1. The first kappa shape index (κ1) is 16.3. The summed E-state index contributed by atoms with van der Waals surface area (Å²) in [6.07, 6.45) is 0.650. The molecule has 0 aliphatic rings. The summed E-state index contributed by atoms with van der Waals surface area (Å²) < 4.78 is 20.3. The standard InChI is InChI=1S/C16H16BrClFNO/c1-10(20)6-11-8-14(18)3-5-16(11)21-9-12-7-13(17)2-4-15(12)19/h2-5,7-8,10H,6,9,20H2,1H3. The summed E-state index contributed by atoms with van der Waals surface area (Å²) in [6, 6.07) is 10.1. The quantitative estimate of drug-likeness (QED) is 0.825. The zero-order valence-electron chi connectivity index (χ0n) is 11.6. The summed E-state index contributed by atoms with van der Waals surface area (Å²) in [7, 11) is 0. The van der Waals surface area contributed by atoms with Gasteiger partial charge in [-0.1, -0.05) is 27.5 Å². The fourth-order valence-corrected chi connectivity index (χ4v) is 2.61. The third-order valence-electron chi connectivity index (χ3n) is 2.96. The predicted octanol–water partition coefficient (Wildman–Crippen LogP) is 4.71. The Balaban J connectivity index is 2.17. The van der Waals surface area contributed by atoms with E-state index in [1.54, 1.807) is 24.3 Å². The average Bonchev–Trinajstić information content (AvgIpc) is 2.41. The molecule has 1 unspecified atom stereocenters. The van der Waals surface area contributed by atoms with Crippen molar-refractivity contribution in [2.75, 3.05) is 0 Å². The normalized spacial score (nSPS) is 12.2. The lowest BCUT2D eigenvalue weighted by Gasteiger charge is -2.14. The fraction of sp³-hybridized carbons (Fsp3) is 0.250. The lowest BCUT2D eigenvalue weighted by atomic mass is 10.1. The summed E-state index contributed by atoms with van der Waals surface area (Å²) >= 11 is 9.32. The highest BCUT2D eigenvalue weighted by molar-refractivity contribution is 9.10. The van der Waals surface area contributed by atoms with Gasteiger partial charge in [0.25, 0.3) is 0 Å². The number of benzene rings is 2. The van der Waals surface area contributed by atoms with Crippen molar-refractivity contribution in [1.29, 1.82) is 0 Å². The molecule has 0 aliphatic heterocycles. The molecule has 0 spiro atoms. The molecule has 2 N–H and O–H groups in total. The number of halogens is 3. The van der Waals surface area contributed by atoms with E-state index in [0.717, 1.165) is 10.0 Å². The van der Waals surface area contributed by atoms with E-state index in [4.69, 9.17) is 22.1 Å². The van der Waals surface area contributed by atoms with Crippen molar-refractivity contribution in [3.63, 3.8) is 0 Å². The Kier molecular flexibility index (Phi) is 5.62. The van der Waals surface area contributed by atoms with Crippen LogP contribution in [0.15, 0.2) is 40.9 Å². The predicted molar refractivity (Wildman–Crippen MR) is 87.2 cm³/mol. The molecule has 0 radical (unpaired) electrons. The average molecular weight is 373 g/mol. The molecular formula is C16H16BrClFNO. The monoisotopic (exact) mass is 371 g/mol. The molecule has 0 bridgehead atoms. The van der Waals surface area contributed by atoms with Crippen LogP contribution in [0.3, 0.4) is 0 Å². The molecule has 2 rings (SSSR count). The molecule has 0 amide bonds. The van der Waals surface area contributed by atoms with Gasteiger partial charge in [0, 0.05) is 21.1 Å². The molecule has 0 saturated carbocycles. The Labute approximate surface area is 137 Å². The minimum absolute atomic E-state index is 0.00609. The van der Waals surface area contributed by atoms with Gasteiger partial charge in [0.1, 0.15) is 18.2 Å². The maximum Gasteiger partial charge on any atom is 0.129 e. The van der Waals surface area contributed by atoms with Gasteiger partial charge in [0.2, 0.25) is 0 Å². The lowest BCUT2D eigenvalue weighted by Crippen LogP contribution is -2.18. The number of hydrogen-bond donors (Lipinski definition) is 1. The van der Waals surface area contributed by atoms with Gasteiger partial charge in [-0.25, -0.2) is 4.39 Å². The van der Waals surface area contributed by atoms with E-state index < -0.39 is 0 Å². The molecular weight excluding hydrogens is 357 g/mol. The fourth-order valence-electron chi connectivity index (χ4n) is 2.00. The van der Waals surface area contributed by atoms with Crippen molar-refractivity contribution in [2.45, 2.75) is 26.0 Å². The number of hydrogen-bond acceptors (Lipinski definition) is 2. The Morgan fingerprint density at radius 1 is 1.24 bits per heavy atom. The summed E-state index contributed by atoms with van der Waals surface area (Å²) in [5, 5.41) is 0.631. The number of ether oxygens (including phenoxy) is 1. The zero-order valence-corrected chi connectivity index (χ0v) is 13.9. The maximum atomic E-state index is 13.7. The van der Waals surface area contributed by atoms with Gasteiger partial charge in [0.15, 0.2) is 0 Å². The minimum atomic E-state index is -0.291. The van der Waals surface area contributed by atoms with Crippen LogP contribution in [-0.2, 0) is 13.0 Å². The van der Waals surface area contributed by atoms with E-state index in [2.05, 4.69) is 15.9 Å². The van der Waals surface area contributed by atoms with Crippen molar-refractivity contribution in [3.8, 4) is 5.75 Å². The Bertz CT molecular complexity index is 634. The number of rotatable bonds is 5. The van der Waals surface area contributed by atoms with Crippen LogP contribution in [0.2, 0.25) is 5.02 Å². The van der Waals surface area contributed by atoms with Gasteiger partial charge in [-0.15, -0.1) is 0 Å². The van der Waals surface area contributed by atoms with Crippen molar-refractivity contribution in [1.82, 2.24) is 0 Å². The van der Waals surface area contributed by atoms with Crippen molar-refractivity contribution in [3.05, 3.63) is 62.8 Å². The molecule has 5 heteroatoms. The second-order valence-corrected chi connectivity index (χ2v) is 6.31. The van der Waals surface area contributed by atoms with Gasteiger partial charge in [-0.3, -0.25) is 0 Å². The smallest absolute Gasteiger partial charge is 0.129 e. The first-order chi connectivity index (χ1) is 9.95. The Morgan fingerprint density at radius 3 is 2.71 bits per heavy atom. The van der Waals surface area contributed by atoms with Crippen LogP contribution < -0.4 is 10.5 Å². The molecule has 2 aromatic carbocycles. The highest BCUT2D eigenvalue weighted by Crippen LogP contribution is 2.26. The minimum Gasteiger partial charge on any atom is -0.489 e. The molecule has 1 atom stereocenters. The van der Waals surface area contributed by atoms with E-state index in [1.807, 2.05) is 13.0 Å². The topological polar surface area (TPSA) is 35.2 Å². The molecule has 2 aromatic rings. The van der Waals surface area contributed by atoms with Crippen LogP contribution in [-0.4, -0.2) is 6.04 Å². The van der Waals surface area contributed by atoms with E-state index in [-0.39, 0.29) is 18.5 Å². The molecule has 0 saturated heterocycles. The second-order valence-electron chi connectivity index (χ2n) is 4.96. The van der Waals surface area contributed by atoms with Crippen LogP contribution in [0.1, 0.15) is 18.1 Å². The summed E-state index contributed by atoms with van der Waals surface area (Å²) in [5.41, 5.74) is 7.25. The third-order valence-corrected chi connectivity index (χ3v) is 3.68. The van der Waals surface area contributed by atoms with E-state index in [1.165, 1.54) is 6.07 Å². The largest absolute Gasteiger partial charge is 0.489 e. The summed E-state index contributed by atoms with van der Waals surface area (Å²) in [4.78, 5) is 0. The first-order valence-corrected chi connectivity index (χ1v) is 7.73. The Morgan fingerprint density at radius 2 is 2.00 bits per heavy atom. The van der Waals surface area contributed by atoms with Crippen LogP contribution >= 0.6 is 27.5 Å². The molecule has 112 valence electrons. The van der Waals surface area contributed by atoms with E-state index >= 15 is 0 Å². The molecule has 0 fully saturated rings. The lowest BCUT2D eigenvalue weighted by molar-refractivity contribution is 0.296. The zero-order chi connectivity index (χ0) is 15.4. The van der Waals surface area contributed by atoms with Gasteiger partial charge >= 0.3 is 0 Å². The molecule has 0 heterocycles. The molecule has 0 aliphatic carbocycles. The van der Waals surface area contributed by atoms with Crippen LogP contribution in [0.4, 0.5) is 4.39 Å². The van der Waals surface area contributed by atoms with Crippen molar-refractivity contribution >= 4 is 27.5 Å². The molecule has 0 aromatic heterocycles. The van der Waals surface area contributed by atoms with Gasteiger partial charge in [-0.05, 0) is 55.3 Å². The first-order valence-electron chi connectivity index (χ1n) is 6.56. The van der Waals surface area contributed by atoms with Gasteiger partial charge in [0.05, 0.1) is 0 Å². The van der Waals surface area contributed by atoms with Gasteiger partial charge < -0.3 is 10.5 Å². The van der Waals surface area contributed by atoms with Crippen LogP contribution in [0.25, 0.3) is 0 Å². The summed E-state index contributed by atoms with van der Waals surface area (Å²) in [5.74, 6) is 0.386. The Hall–Kier alpha value is -1.10. The van der Waals surface area contributed by atoms with Crippen molar-refractivity contribution in [2.24, 2.45) is 5.73 Å². The third kappa shape index (κ3) is 4.70. The summed E-state index contributed by atoms with van der Waals surface area (Å²) in [6.45, 7) is 2.07. The highest BCUT2D eigenvalue weighted by atomic mass is 79.9. The maximum absolute atomic E-state index is 13.7. The molecule has 21 heavy (non-hydrogen) atoms. The second kappa shape index (κ2) is 7.25. The van der Waals surface area contributed by atoms with Crippen molar-refractivity contribution < 1.29 is 9.13 Å². The SMILES string of the molecule is CC(N)Cc1cc(Cl)ccc1OCc1cc(Br)ccc1F. The van der Waals surface area contributed by atoms with Crippen LogP contribution in [0.5, 0.6) is 5.75 Å². The van der Waals surface area contributed by atoms with Gasteiger partial charge in [-0.2, -0.15) is 0 Å². The van der Waals surface area contributed by atoms with E-state index in [0.29, 0.717) is 22.8 Å².